The Labute approximate surface area is 265 Å². The maximum Gasteiger partial charge on any atom is 0.340 e. The molecule has 0 radical (unpaired) electrons. The summed E-state index contributed by atoms with van der Waals surface area (Å²) < 4.78 is 31.4. The SMILES string of the molecule is COC(=O)c1c(Cl)cccc1-c1ccc([C@@H](C)NC(=O)C2(CC(=O)OCC3c4ccccc4-c4ccccc43)COC2)c(F)c1. The number of carbonyl (C=O) groups is 3. The highest BCUT2D eigenvalue weighted by Crippen LogP contribution is 2.45. The second-order valence-corrected chi connectivity index (χ2v) is 11.9. The van der Waals surface area contributed by atoms with Crippen LogP contribution in [0, 0.1) is 11.2 Å². The number of methoxy groups -OCH3 is 1. The van der Waals surface area contributed by atoms with Crippen molar-refractivity contribution in [2.45, 2.75) is 25.3 Å². The van der Waals surface area contributed by atoms with E-state index < -0.39 is 35.1 Å². The van der Waals surface area contributed by atoms with Gasteiger partial charge in [0.25, 0.3) is 0 Å². The molecule has 6 rings (SSSR count). The van der Waals surface area contributed by atoms with Gasteiger partial charge in [0.15, 0.2) is 0 Å². The topological polar surface area (TPSA) is 90.9 Å². The molecule has 0 spiro atoms. The van der Waals surface area contributed by atoms with Gasteiger partial charge < -0.3 is 19.5 Å². The lowest BCUT2D eigenvalue weighted by atomic mass is 9.81. The van der Waals surface area contributed by atoms with E-state index in [9.17, 15) is 14.4 Å². The van der Waals surface area contributed by atoms with Crippen LogP contribution in [0.4, 0.5) is 4.39 Å². The molecule has 1 saturated heterocycles. The molecule has 1 amide bonds. The first-order valence-electron chi connectivity index (χ1n) is 14.6. The molecule has 0 unspecified atom stereocenters. The number of hydrogen-bond donors (Lipinski definition) is 1. The van der Waals surface area contributed by atoms with Crippen molar-refractivity contribution in [2.75, 3.05) is 26.9 Å². The summed E-state index contributed by atoms with van der Waals surface area (Å²) in [5, 5.41) is 3.04. The first-order chi connectivity index (χ1) is 21.7. The second kappa shape index (κ2) is 12.5. The van der Waals surface area contributed by atoms with Crippen LogP contribution in [0.5, 0.6) is 0 Å². The molecular formula is C36H31ClFNO6. The Morgan fingerprint density at radius 1 is 0.956 bits per heavy atom. The lowest BCUT2D eigenvalue weighted by molar-refractivity contribution is -0.175. The Morgan fingerprint density at radius 2 is 1.60 bits per heavy atom. The summed E-state index contributed by atoms with van der Waals surface area (Å²) in [7, 11) is 1.25. The van der Waals surface area contributed by atoms with Gasteiger partial charge in [-0.25, -0.2) is 9.18 Å². The summed E-state index contributed by atoms with van der Waals surface area (Å²) in [5.41, 5.74) is 4.58. The van der Waals surface area contributed by atoms with Crippen LogP contribution in [0.15, 0.2) is 84.9 Å². The van der Waals surface area contributed by atoms with Crippen LogP contribution < -0.4 is 5.32 Å². The third-order valence-corrected chi connectivity index (χ3v) is 8.94. The summed E-state index contributed by atoms with van der Waals surface area (Å²) in [6, 6.07) is 24.8. The van der Waals surface area contributed by atoms with Crippen LogP contribution >= 0.6 is 11.6 Å². The van der Waals surface area contributed by atoms with Gasteiger partial charge in [0, 0.05) is 11.5 Å². The number of carbonyl (C=O) groups excluding carboxylic acids is 3. The van der Waals surface area contributed by atoms with E-state index in [1.165, 1.54) is 13.2 Å². The number of esters is 2. The molecule has 1 heterocycles. The van der Waals surface area contributed by atoms with Crippen LogP contribution in [0.3, 0.4) is 0 Å². The Morgan fingerprint density at radius 3 is 2.20 bits per heavy atom. The number of rotatable bonds is 9. The summed E-state index contributed by atoms with van der Waals surface area (Å²) in [4.78, 5) is 38.9. The Hall–Kier alpha value is -4.53. The number of ether oxygens (including phenoxy) is 3. The number of amides is 1. The monoisotopic (exact) mass is 627 g/mol. The molecule has 4 aromatic carbocycles. The smallest absolute Gasteiger partial charge is 0.340 e. The molecule has 1 aliphatic heterocycles. The number of fused-ring (bicyclic) bond motifs is 3. The molecule has 45 heavy (non-hydrogen) atoms. The predicted molar refractivity (Wildman–Crippen MR) is 167 cm³/mol. The maximum absolute atomic E-state index is 15.4. The van der Waals surface area contributed by atoms with E-state index in [1.54, 1.807) is 37.3 Å². The van der Waals surface area contributed by atoms with E-state index in [-0.39, 0.29) is 48.3 Å². The Balaban J connectivity index is 1.12. The van der Waals surface area contributed by atoms with Crippen molar-refractivity contribution < 1.29 is 33.0 Å². The molecule has 0 aromatic heterocycles. The highest BCUT2D eigenvalue weighted by Gasteiger charge is 2.48. The third kappa shape index (κ3) is 5.72. The van der Waals surface area contributed by atoms with Gasteiger partial charge in [0.1, 0.15) is 17.8 Å². The Kier molecular flexibility index (Phi) is 8.44. The largest absolute Gasteiger partial charge is 0.465 e. The van der Waals surface area contributed by atoms with Crippen molar-refractivity contribution in [1.82, 2.24) is 5.32 Å². The fourth-order valence-corrected chi connectivity index (χ4v) is 6.40. The maximum atomic E-state index is 15.4. The van der Waals surface area contributed by atoms with Crippen molar-refractivity contribution in [1.29, 1.82) is 0 Å². The minimum absolute atomic E-state index is 0.0578. The lowest BCUT2D eigenvalue weighted by Gasteiger charge is -2.39. The van der Waals surface area contributed by atoms with E-state index in [2.05, 4.69) is 17.4 Å². The summed E-state index contributed by atoms with van der Waals surface area (Å²) in [6.45, 7) is 1.93. The van der Waals surface area contributed by atoms with Crippen molar-refractivity contribution in [2.24, 2.45) is 5.41 Å². The van der Waals surface area contributed by atoms with Crippen molar-refractivity contribution in [3.05, 3.63) is 118 Å². The predicted octanol–water partition coefficient (Wildman–Crippen LogP) is 6.87. The number of nitrogens with one attached hydrogen (secondary N) is 1. The van der Waals surface area contributed by atoms with Crippen molar-refractivity contribution >= 4 is 29.4 Å². The first kappa shape index (κ1) is 30.5. The molecule has 4 aromatic rings. The van der Waals surface area contributed by atoms with E-state index in [0.717, 1.165) is 22.3 Å². The molecule has 230 valence electrons. The quantitative estimate of drug-likeness (QED) is 0.204. The second-order valence-electron chi connectivity index (χ2n) is 11.4. The number of hydrogen-bond acceptors (Lipinski definition) is 6. The lowest BCUT2D eigenvalue weighted by Crippen LogP contribution is -2.55. The fraction of sp³-hybridized carbons (Fsp3) is 0.250. The van der Waals surface area contributed by atoms with Gasteiger partial charge in [0.05, 0.1) is 43.4 Å². The molecule has 0 saturated carbocycles. The molecule has 9 heteroatoms. The molecule has 2 aliphatic rings. The highest BCUT2D eigenvalue weighted by molar-refractivity contribution is 6.34. The zero-order chi connectivity index (χ0) is 31.7. The van der Waals surface area contributed by atoms with Gasteiger partial charge in [-0.2, -0.15) is 0 Å². The Bertz CT molecular complexity index is 1760. The van der Waals surface area contributed by atoms with Gasteiger partial charge >= 0.3 is 11.9 Å². The van der Waals surface area contributed by atoms with Gasteiger partial charge in [-0.05, 0) is 52.4 Å². The van der Waals surface area contributed by atoms with Crippen LogP contribution in [0.1, 0.15) is 52.4 Å². The van der Waals surface area contributed by atoms with Gasteiger partial charge in [-0.1, -0.05) is 84.4 Å². The zero-order valence-electron chi connectivity index (χ0n) is 24.8. The van der Waals surface area contributed by atoms with Crippen LogP contribution in [0.25, 0.3) is 22.3 Å². The van der Waals surface area contributed by atoms with E-state index in [1.807, 2.05) is 36.4 Å². The number of halogens is 2. The molecule has 0 bridgehead atoms. The minimum atomic E-state index is -1.11. The van der Waals surface area contributed by atoms with Gasteiger partial charge in [0.2, 0.25) is 5.91 Å². The molecule has 1 fully saturated rings. The van der Waals surface area contributed by atoms with E-state index >= 15 is 4.39 Å². The molecule has 1 aliphatic carbocycles. The van der Waals surface area contributed by atoms with E-state index in [0.29, 0.717) is 11.1 Å². The summed E-state index contributed by atoms with van der Waals surface area (Å²) in [6.07, 6.45) is -0.159. The molecule has 1 atom stereocenters. The minimum Gasteiger partial charge on any atom is -0.465 e. The summed E-state index contributed by atoms with van der Waals surface area (Å²) in [5.74, 6) is -2.22. The highest BCUT2D eigenvalue weighted by atomic mass is 35.5. The molecular weight excluding hydrogens is 597 g/mol. The average Bonchev–Trinajstić information content (AvgIpc) is 3.34. The first-order valence-corrected chi connectivity index (χ1v) is 15.0. The van der Waals surface area contributed by atoms with Crippen LogP contribution in [-0.4, -0.2) is 44.8 Å². The van der Waals surface area contributed by atoms with Crippen LogP contribution in [0.2, 0.25) is 5.02 Å². The van der Waals surface area contributed by atoms with Gasteiger partial charge in [-0.15, -0.1) is 0 Å². The number of benzene rings is 4. The average molecular weight is 628 g/mol. The van der Waals surface area contributed by atoms with Crippen molar-refractivity contribution in [3.8, 4) is 22.3 Å². The van der Waals surface area contributed by atoms with E-state index in [4.69, 9.17) is 25.8 Å². The molecule has 1 N–H and O–H groups in total. The standard InChI is InChI=1S/C36H31ClFNO6/c1-21(23-15-14-22(16-31(23)38)24-12-7-13-30(37)33(24)34(41)43-2)39-35(42)36(19-44-20-36)17-32(40)45-18-29-27-10-5-3-8-25(27)26-9-4-6-11-28(26)29/h3-16,21,29H,17-20H2,1-2H3,(H,39,42)/t21-/m1/s1. The normalized spacial score (nSPS) is 15.3. The molecule has 7 nitrogen and oxygen atoms in total. The third-order valence-electron chi connectivity index (χ3n) is 8.62. The summed E-state index contributed by atoms with van der Waals surface area (Å²) >= 11 is 6.24. The van der Waals surface area contributed by atoms with Crippen LogP contribution in [-0.2, 0) is 23.8 Å². The van der Waals surface area contributed by atoms with Crippen molar-refractivity contribution in [3.63, 3.8) is 0 Å². The van der Waals surface area contributed by atoms with Gasteiger partial charge in [-0.3, -0.25) is 9.59 Å². The zero-order valence-corrected chi connectivity index (χ0v) is 25.5. The fourth-order valence-electron chi connectivity index (χ4n) is 6.15.